The summed E-state index contributed by atoms with van der Waals surface area (Å²) in [6.45, 7) is 7.78. The number of rotatable bonds is 8. The molecule has 10 heteroatoms. The first-order chi connectivity index (χ1) is 18.2. The second kappa shape index (κ2) is 11.4. The Morgan fingerprint density at radius 3 is 2.21 bits per heavy atom. The van der Waals surface area contributed by atoms with E-state index in [4.69, 9.17) is 4.74 Å². The molecule has 0 saturated heterocycles. The number of hydrogen-bond donors (Lipinski definition) is 2. The Kier molecular flexibility index (Phi) is 8.02. The number of carbonyl (C=O) groups excluding carboxylic acids is 3. The number of thiazole rings is 1. The molecule has 2 N–H and O–H groups in total. The van der Waals surface area contributed by atoms with Crippen LogP contribution < -0.4 is 16.2 Å². The van der Waals surface area contributed by atoms with E-state index in [2.05, 4.69) is 15.6 Å². The predicted molar refractivity (Wildman–Crippen MR) is 148 cm³/mol. The molecule has 196 valence electrons. The zero-order valence-corrected chi connectivity index (χ0v) is 22.4. The van der Waals surface area contributed by atoms with Crippen molar-refractivity contribution in [3.8, 4) is 0 Å². The van der Waals surface area contributed by atoms with Crippen molar-refractivity contribution in [2.45, 2.75) is 40.5 Å². The Hall–Kier alpha value is -4.31. The Morgan fingerprint density at radius 2 is 1.58 bits per heavy atom. The molecule has 0 aliphatic rings. The van der Waals surface area contributed by atoms with Crippen LogP contribution in [0.25, 0.3) is 4.96 Å². The van der Waals surface area contributed by atoms with Crippen LogP contribution in [0.2, 0.25) is 0 Å². The average Bonchev–Trinajstić information content (AvgIpc) is 3.25. The minimum atomic E-state index is -0.601. The van der Waals surface area contributed by atoms with Crippen LogP contribution in [0.3, 0.4) is 0 Å². The third kappa shape index (κ3) is 5.81. The minimum Gasteiger partial charge on any atom is -0.462 e. The number of benzene rings is 2. The number of esters is 1. The fourth-order valence-electron chi connectivity index (χ4n) is 4.09. The lowest BCUT2D eigenvalue weighted by atomic mass is 10.1. The van der Waals surface area contributed by atoms with Gasteiger partial charge < -0.3 is 15.4 Å². The summed E-state index contributed by atoms with van der Waals surface area (Å²) in [5.41, 5.74) is 3.31. The number of hydrogen-bond acceptors (Lipinski definition) is 7. The predicted octanol–water partition coefficient (Wildman–Crippen LogP) is 5.01. The average molecular weight is 533 g/mol. The van der Waals surface area contributed by atoms with Gasteiger partial charge in [0, 0.05) is 23.1 Å². The zero-order chi connectivity index (χ0) is 27.4. The molecule has 0 aliphatic heterocycles. The van der Waals surface area contributed by atoms with Crippen molar-refractivity contribution in [1.29, 1.82) is 0 Å². The van der Waals surface area contributed by atoms with Crippen molar-refractivity contribution < 1.29 is 19.1 Å². The molecule has 0 atom stereocenters. The van der Waals surface area contributed by atoms with Crippen molar-refractivity contribution in [1.82, 2.24) is 9.38 Å². The maximum atomic E-state index is 13.5. The minimum absolute atomic E-state index is 0.0413. The smallest absolute Gasteiger partial charge is 0.338 e. The van der Waals surface area contributed by atoms with Gasteiger partial charge in [-0.05, 0) is 74.7 Å². The van der Waals surface area contributed by atoms with E-state index in [1.54, 1.807) is 19.1 Å². The lowest BCUT2D eigenvalue weighted by molar-refractivity contribution is 0.0526. The van der Waals surface area contributed by atoms with Crippen LogP contribution in [0.4, 0.5) is 11.4 Å². The highest BCUT2D eigenvalue weighted by atomic mass is 32.1. The van der Waals surface area contributed by atoms with Gasteiger partial charge in [-0.2, -0.15) is 0 Å². The van der Waals surface area contributed by atoms with E-state index < -0.39 is 23.3 Å². The molecule has 2 amide bonds. The first-order valence-electron chi connectivity index (χ1n) is 12.2. The molecule has 38 heavy (non-hydrogen) atoms. The fraction of sp³-hybridized carbons (Fsp3) is 0.250. The van der Waals surface area contributed by atoms with Gasteiger partial charge in [0.2, 0.25) is 0 Å². The maximum Gasteiger partial charge on any atom is 0.338 e. The fourth-order valence-corrected chi connectivity index (χ4v) is 5.14. The summed E-state index contributed by atoms with van der Waals surface area (Å²) in [7, 11) is 0. The Balaban J connectivity index is 1.73. The van der Waals surface area contributed by atoms with E-state index in [9.17, 15) is 19.2 Å². The number of fused-ring (bicyclic) bond motifs is 1. The number of carbonyl (C=O) groups is 3. The second-order valence-corrected chi connectivity index (χ2v) is 9.79. The molecule has 0 bridgehead atoms. The Bertz CT molecular complexity index is 1570. The highest BCUT2D eigenvalue weighted by Crippen LogP contribution is 2.25. The quantitative estimate of drug-likeness (QED) is 0.308. The molecular formula is C28H28N4O5S. The van der Waals surface area contributed by atoms with Crippen LogP contribution in [0.15, 0.2) is 53.3 Å². The van der Waals surface area contributed by atoms with Crippen molar-refractivity contribution >= 4 is 45.5 Å². The van der Waals surface area contributed by atoms with Crippen LogP contribution in [0, 0.1) is 13.8 Å². The summed E-state index contributed by atoms with van der Waals surface area (Å²) in [4.78, 5) is 56.7. The van der Waals surface area contributed by atoms with Crippen molar-refractivity contribution in [3.05, 3.63) is 91.8 Å². The van der Waals surface area contributed by atoms with E-state index in [1.807, 2.05) is 39.0 Å². The topological polar surface area (TPSA) is 119 Å². The highest BCUT2D eigenvalue weighted by molar-refractivity contribution is 7.19. The lowest BCUT2D eigenvalue weighted by Gasteiger charge is -2.10. The van der Waals surface area contributed by atoms with Gasteiger partial charge in [0.15, 0.2) is 4.96 Å². The Morgan fingerprint density at radius 1 is 0.921 bits per heavy atom. The van der Waals surface area contributed by atoms with Gasteiger partial charge in [-0.25, -0.2) is 14.2 Å². The molecule has 0 fully saturated rings. The van der Waals surface area contributed by atoms with Crippen molar-refractivity contribution in [3.63, 3.8) is 0 Å². The Labute approximate surface area is 223 Å². The van der Waals surface area contributed by atoms with Crippen LogP contribution in [-0.2, 0) is 11.2 Å². The van der Waals surface area contributed by atoms with Crippen LogP contribution >= 0.6 is 11.3 Å². The summed E-state index contributed by atoms with van der Waals surface area (Å²) in [5.74, 6) is -1.64. The molecule has 2 aromatic heterocycles. The SMILES string of the molecule is CCCc1cc(=O)n2c(C(=O)Nc3cc(C)cc(C)c3)c(C(=O)Nc3ccc(C(=O)OCC)cc3)sc2n1. The summed E-state index contributed by atoms with van der Waals surface area (Å²) in [6, 6.07) is 13.2. The maximum absolute atomic E-state index is 13.5. The third-order valence-electron chi connectivity index (χ3n) is 5.63. The standard InChI is InChI=1S/C28H28N4O5S/c1-5-7-20-15-22(33)32-23(25(34)30-21-13-16(3)12-17(4)14-21)24(38-28(32)31-20)26(35)29-19-10-8-18(9-11-19)27(36)37-6-2/h8-15H,5-7H2,1-4H3,(H,29,35)(H,30,34). The molecule has 0 saturated carbocycles. The van der Waals surface area contributed by atoms with Crippen LogP contribution in [-0.4, -0.2) is 33.8 Å². The number of nitrogens with zero attached hydrogens (tertiary/aromatic N) is 2. The van der Waals surface area contributed by atoms with Gasteiger partial charge in [0.05, 0.1) is 12.2 Å². The van der Waals surface area contributed by atoms with Gasteiger partial charge in [-0.15, -0.1) is 0 Å². The molecule has 0 unspecified atom stereocenters. The van der Waals surface area contributed by atoms with Crippen LogP contribution in [0.1, 0.15) is 67.6 Å². The van der Waals surface area contributed by atoms with Crippen LogP contribution in [0.5, 0.6) is 0 Å². The van der Waals surface area contributed by atoms with E-state index in [0.717, 1.165) is 28.9 Å². The molecule has 0 aliphatic carbocycles. The zero-order valence-electron chi connectivity index (χ0n) is 21.6. The number of ether oxygens (including phenoxy) is 1. The molecule has 0 spiro atoms. The first kappa shape index (κ1) is 26.7. The van der Waals surface area contributed by atoms with Crippen molar-refractivity contribution in [2.24, 2.45) is 0 Å². The molecule has 2 aromatic carbocycles. The van der Waals surface area contributed by atoms with Gasteiger partial charge >= 0.3 is 5.97 Å². The van der Waals surface area contributed by atoms with Gasteiger partial charge in [-0.1, -0.05) is 30.7 Å². The van der Waals surface area contributed by atoms with Gasteiger partial charge in [-0.3, -0.25) is 14.4 Å². The number of amides is 2. The first-order valence-corrected chi connectivity index (χ1v) is 13.1. The number of nitrogens with one attached hydrogen (secondary N) is 2. The van der Waals surface area contributed by atoms with Gasteiger partial charge in [0.1, 0.15) is 10.6 Å². The lowest BCUT2D eigenvalue weighted by Crippen LogP contribution is -2.25. The largest absolute Gasteiger partial charge is 0.462 e. The molecular weight excluding hydrogens is 504 g/mol. The third-order valence-corrected chi connectivity index (χ3v) is 6.67. The summed E-state index contributed by atoms with van der Waals surface area (Å²) in [6.07, 6.45) is 1.39. The summed E-state index contributed by atoms with van der Waals surface area (Å²) >= 11 is 0.970. The van der Waals surface area contributed by atoms with E-state index >= 15 is 0 Å². The number of aryl methyl sites for hydroxylation is 3. The normalized spacial score (nSPS) is 10.8. The van der Waals surface area contributed by atoms with Gasteiger partial charge in [0.25, 0.3) is 17.4 Å². The molecule has 2 heterocycles. The highest BCUT2D eigenvalue weighted by Gasteiger charge is 2.26. The molecule has 4 rings (SSSR count). The molecule has 0 radical (unpaired) electrons. The van der Waals surface area contributed by atoms with E-state index in [0.29, 0.717) is 29.1 Å². The van der Waals surface area contributed by atoms with Crippen molar-refractivity contribution in [2.75, 3.05) is 17.2 Å². The van der Waals surface area contributed by atoms with E-state index in [-0.39, 0.29) is 22.1 Å². The molecule has 4 aromatic rings. The molecule has 9 nitrogen and oxygen atoms in total. The summed E-state index contributed by atoms with van der Waals surface area (Å²) in [5, 5.41) is 5.58. The summed E-state index contributed by atoms with van der Waals surface area (Å²) < 4.78 is 6.17. The number of aromatic nitrogens is 2. The monoisotopic (exact) mass is 532 g/mol. The number of anilines is 2. The second-order valence-electron chi connectivity index (χ2n) is 8.82. The van der Waals surface area contributed by atoms with E-state index in [1.165, 1.54) is 22.6 Å².